The van der Waals surface area contributed by atoms with Crippen LogP contribution in [0.4, 0.5) is 21.7 Å². The molecule has 2 heterocycles. The van der Waals surface area contributed by atoms with E-state index in [0.29, 0.717) is 29.4 Å². The SMILES string of the molecule is CC(=O)CC1CCC(NC(=O)c2cnc(Nc3ncc(C#N)cc3F)cc2NC(C)C)CC1. The van der Waals surface area contributed by atoms with Crippen molar-refractivity contribution in [2.24, 2.45) is 5.92 Å². The molecule has 0 radical (unpaired) electrons. The first-order valence-corrected chi connectivity index (χ1v) is 11.1. The van der Waals surface area contributed by atoms with Crippen LogP contribution < -0.4 is 16.0 Å². The van der Waals surface area contributed by atoms with Crippen molar-refractivity contribution in [2.45, 2.75) is 65.0 Å². The molecule has 0 unspecified atom stereocenters. The fourth-order valence-corrected chi connectivity index (χ4v) is 4.03. The molecule has 0 aliphatic heterocycles. The Hall–Kier alpha value is -3.54. The highest BCUT2D eigenvalue weighted by atomic mass is 19.1. The molecule has 8 nitrogen and oxygen atoms in total. The van der Waals surface area contributed by atoms with E-state index in [-0.39, 0.29) is 35.2 Å². The number of rotatable bonds is 8. The van der Waals surface area contributed by atoms with Gasteiger partial charge in [0.2, 0.25) is 0 Å². The first-order valence-electron chi connectivity index (χ1n) is 11.1. The van der Waals surface area contributed by atoms with Crippen LogP contribution in [-0.2, 0) is 4.79 Å². The van der Waals surface area contributed by atoms with Gasteiger partial charge in [-0.15, -0.1) is 0 Å². The zero-order chi connectivity index (χ0) is 24.0. The van der Waals surface area contributed by atoms with Crippen molar-refractivity contribution in [2.75, 3.05) is 10.6 Å². The number of carbonyl (C=O) groups excluding carboxylic acids is 2. The molecule has 0 atom stereocenters. The summed E-state index contributed by atoms with van der Waals surface area (Å²) in [6.07, 6.45) is 6.85. The van der Waals surface area contributed by atoms with E-state index in [1.807, 2.05) is 19.9 Å². The molecule has 1 amide bonds. The maximum absolute atomic E-state index is 14.2. The number of carbonyl (C=O) groups is 2. The molecular weight excluding hydrogens is 423 g/mol. The van der Waals surface area contributed by atoms with Gasteiger partial charge in [-0.1, -0.05) is 0 Å². The van der Waals surface area contributed by atoms with E-state index >= 15 is 0 Å². The molecule has 0 saturated heterocycles. The number of pyridine rings is 2. The standard InChI is InChI=1S/C24H29FN6O2/c1-14(2)29-21-10-22(31-23-20(25)9-17(11-26)12-28-23)27-13-19(21)24(33)30-18-6-4-16(5-7-18)8-15(3)32/h9-10,12-14,16,18H,4-8H2,1-3H3,(H,30,33)(H2,27,28,29,31). The van der Waals surface area contributed by atoms with Crippen molar-refractivity contribution in [1.82, 2.24) is 15.3 Å². The highest BCUT2D eigenvalue weighted by molar-refractivity contribution is 6.00. The molecule has 0 bridgehead atoms. The van der Waals surface area contributed by atoms with Crippen LogP contribution in [0.25, 0.3) is 0 Å². The van der Waals surface area contributed by atoms with Crippen molar-refractivity contribution in [3.05, 3.63) is 41.5 Å². The minimum absolute atomic E-state index is 0.0543. The molecule has 2 aromatic rings. The lowest BCUT2D eigenvalue weighted by atomic mass is 9.83. The van der Waals surface area contributed by atoms with Gasteiger partial charge in [0.1, 0.15) is 17.7 Å². The Bertz CT molecular complexity index is 1060. The minimum Gasteiger partial charge on any atom is -0.382 e. The van der Waals surface area contributed by atoms with Gasteiger partial charge in [-0.25, -0.2) is 14.4 Å². The topological polar surface area (TPSA) is 120 Å². The van der Waals surface area contributed by atoms with E-state index < -0.39 is 5.82 Å². The van der Waals surface area contributed by atoms with Gasteiger partial charge in [0, 0.05) is 37.0 Å². The van der Waals surface area contributed by atoms with Gasteiger partial charge < -0.3 is 20.7 Å². The van der Waals surface area contributed by atoms with Crippen molar-refractivity contribution < 1.29 is 14.0 Å². The maximum Gasteiger partial charge on any atom is 0.255 e. The van der Waals surface area contributed by atoms with E-state index in [2.05, 4.69) is 25.9 Å². The average molecular weight is 453 g/mol. The van der Waals surface area contributed by atoms with Gasteiger partial charge in [0.05, 0.1) is 16.8 Å². The molecule has 1 saturated carbocycles. The van der Waals surface area contributed by atoms with Crippen LogP contribution in [0.15, 0.2) is 24.5 Å². The number of Topliss-reactive ketones (excluding diaryl/α,β-unsaturated/α-hetero) is 1. The summed E-state index contributed by atoms with van der Waals surface area (Å²) >= 11 is 0. The number of ketones is 1. The van der Waals surface area contributed by atoms with Crippen LogP contribution in [-0.4, -0.2) is 33.7 Å². The van der Waals surface area contributed by atoms with Gasteiger partial charge >= 0.3 is 0 Å². The van der Waals surface area contributed by atoms with Crippen LogP contribution in [0.1, 0.15) is 68.8 Å². The lowest BCUT2D eigenvalue weighted by molar-refractivity contribution is -0.118. The summed E-state index contributed by atoms with van der Waals surface area (Å²) in [5.41, 5.74) is 1.09. The summed E-state index contributed by atoms with van der Waals surface area (Å²) in [4.78, 5) is 32.5. The molecule has 1 aliphatic rings. The summed E-state index contributed by atoms with van der Waals surface area (Å²) < 4.78 is 14.2. The van der Waals surface area contributed by atoms with Crippen LogP contribution in [0.2, 0.25) is 0 Å². The van der Waals surface area contributed by atoms with E-state index in [9.17, 15) is 14.0 Å². The molecule has 174 valence electrons. The largest absolute Gasteiger partial charge is 0.382 e. The summed E-state index contributed by atoms with van der Waals surface area (Å²) in [6.45, 7) is 5.52. The number of aromatic nitrogens is 2. The van der Waals surface area contributed by atoms with Crippen LogP contribution in [0.5, 0.6) is 0 Å². The summed E-state index contributed by atoms with van der Waals surface area (Å²) in [5.74, 6) is -0.0294. The molecule has 0 spiro atoms. The average Bonchev–Trinajstić information content (AvgIpc) is 2.76. The van der Waals surface area contributed by atoms with E-state index in [1.165, 1.54) is 12.4 Å². The second-order valence-electron chi connectivity index (χ2n) is 8.80. The summed E-state index contributed by atoms with van der Waals surface area (Å²) in [7, 11) is 0. The second-order valence-corrected chi connectivity index (χ2v) is 8.80. The first-order chi connectivity index (χ1) is 15.7. The van der Waals surface area contributed by atoms with Gasteiger partial charge in [0.25, 0.3) is 5.91 Å². The Morgan fingerprint density at radius 3 is 2.52 bits per heavy atom. The predicted octanol–water partition coefficient (Wildman–Crippen LogP) is 4.32. The van der Waals surface area contributed by atoms with Gasteiger partial charge in [0.15, 0.2) is 11.6 Å². The third-order valence-electron chi connectivity index (χ3n) is 5.57. The van der Waals surface area contributed by atoms with Gasteiger partial charge in [-0.2, -0.15) is 5.26 Å². The highest BCUT2D eigenvalue weighted by Gasteiger charge is 2.25. The number of anilines is 3. The summed E-state index contributed by atoms with van der Waals surface area (Å²) in [5, 5.41) is 18.0. The number of halogens is 1. The molecule has 2 aromatic heterocycles. The van der Waals surface area contributed by atoms with Gasteiger partial charge in [-0.05, 0) is 58.4 Å². The Labute approximate surface area is 193 Å². The van der Waals surface area contributed by atoms with E-state index in [4.69, 9.17) is 5.26 Å². The third-order valence-corrected chi connectivity index (χ3v) is 5.57. The van der Waals surface area contributed by atoms with Crippen molar-refractivity contribution in [3.63, 3.8) is 0 Å². The molecule has 3 N–H and O–H groups in total. The molecule has 9 heteroatoms. The monoisotopic (exact) mass is 452 g/mol. The molecule has 1 fully saturated rings. The van der Waals surface area contributed by atoms with E-state index in [0.717, 1.165) is 31.7 Å². The van der Waals surface area contributed by atoms with Crippen molar-refractivity contribution in [3.8, 4) is 6.07 Å². The molecular formula is C24H29FN6O2. The number of hydrogen-bond donors (Lipinski definition) is 3. The number of hydrogen-bond acceptors (Lipinski definition) is 7. The van der Waals surface area contributed by atoms with Crippen molar-refractivity contribution >= 4 is 29.0 Å². The predicted molar refractivity (Wildman–Crippen MR) is 124 cm³/mol. The molecule has 3 rings (SSSR count). The smallest absolute Gasteiger partial charge is 0.255 e. The lowest BCUT2D eigenvalue weighted by Crippen LogP contribution is -2.38. The Balaban J connectivity index is 1.72. The molecule has 33 heavy (non-hydrogen) atoms. The molecule has 0 aromatic carbocycles. The maximum atomic E-state index is 14.2. The van der Waals surface area contributed by atoms with Crippen LogP contribution >= 0.6 is 0 Å². The third kappa shape index (κ3) is 6.72. The van der Waals surface area contributed by atoms with Crippen LogP contribution in [0, 0.1) is 23.1 Å². The number of nitriles is 1. The quantitative estimate of drug-likeness (QED) is 0.546. The normalized spacial score (nSPS) is 17.8. The lowest BCUT2D eigenvalue weighted by Gasteiger charge is -2.29. The Morgan fingerprint density at radius 1 is 1.18 bits per heavy atom. The van der Waals surface area contributed by atoms with Crippen molar-refractivity contribution in [1.29, 1.82) is 5.26 Å². The zero-order valence-corrected chi connectivity index (χ0v) is 19.1. The highest BCUT2D eigenvalue weighted by Crippen LogP contribution is 2.28. The van der Waals surface area contributed by atoms with Crippen LogP contribution in [0.3, 0.4) is 0 Å². The fourth-order valence-electron chi connectivity index (χ4n) is 4.03. The fraction of sp³-hybridized carbons (Fsp3) is 0.458. The number of nitrogens with zero attached hydrogens (tertiary/aromatic N) is 3. The molecule has 1 aliphatic carbocycles. The minimum atomic E-state index is -0.670. The number of amides is 1. The zero-order valence-electron chi connectivity index (χ0n) is 19.1. The summed E-state index contributed by atoms with van der Waals surface area (Å²) in [6, 6.07) is 4.68. The Morgan fingerprint density at radius 2 is 1.91 bits per heavy atom. The van der Waals surface area contributed by atoms with E-state index in [1.54, 1.807) is 13.0 Å². The number of nitrogens with one attached hydrogen (secondary N) is 3. The van der Waals surface area contributed by atoms with Gasteiger partial charge in [-0.3, -0.25) is 4.79 Å². The first kappa shape index (κ1) is 24.1. The Kier molecular flexibility index (Phi) is 7.93. The second kappa shape index (κ2) is 10.9.